The van der Waals surface area contributed by atoms with Crippen molar-refractivity contribution in [2.75, 3.05) is 19.7 Å². The quantitative estimate of drug-likeness (QED) is 0.304. The van der Waals surface area contributed by atoms with Crippen LogP contribution in [0, 0.1) is 0 Å². The van der Waals surface area contributed by atoms with Gasteiger partial charge in [0.05, 0.1) is 13.0 Å². The normalized spacial score (nSPS) is 10.1. The van der Waals surface area contributed by atoms with Gasteiger partial charge in [-0.15, -0.1) is 0 Å². The highest BCUT2D eigenvalue weighted by molar-refractivity contribution is 5.74. The number of amides is 1. The molecule has 3 N–H and O–H groups in total. The zero-order valence-corrected chi connectivity index (χ0v) is 8.60. The summed E-state index contributed by atoms with van der Waals surface area (Å²) in [5.41, 5.74) is 1.44. The van der Waals surface area contributed by atoms with Crippen LogP contribution in [0.5, 0.6) is 0 Å². The fraction of sp³-hybridized carbons (Fsp3) is 0.750. The van der Waals surface area contributed by atoms with Crippen molar-refractivity contribution in [2.24, 2.45) is 0 Å². The van der Waals surface area contributed by atoms with Gasteiger partial charge in [-0.3, -0.25) is 14.8 Å². The van der Waals surface area contributed by atoms with Crippen LogP contribution in [0.2, 0.25) is 0 Å². The first-order chi connectivity index (χ1) is 7.10. The second-order valence-electron chi connectivity index (χ2n) is 2.79. The maximum Gasteiger partial charge on any atom is 0.307 e. The van der Waals surface area contributed by atoms with E-state index in [1.165, 1.54) is 5.48 Å². The van der Waals surface area contributed by atoms with Crippen LogP contribution < -0.4 is 5.48 Å². The summed E-state index contributed by atoms with van der Waals surface area (Å²) in [6.45, 7) is 2.14. The van der Waals surface area contributed by atoms with Gasteiger partial charge in [0, 0.05) is 19.5 Å². The molecule has 0 saturated carbocycles. The van der Waals surface area contributed by atoms with E-state index in [2.05, 4.69) is 4.74 Å². The van der Waals surface area contributed by atoms with Gasteiger partial charge in [-0.25, -0.2) is 5.48 Å². The molecule has 0 fully saturated rings. The number of ether oxygens (including phenoxy) is 1. The fourth-order valence-corrected chi connectivity index (χ4v) is 0.852. The van der Waals surface area contributed by atoms with Crippen LogP contribution in [0.4, 0.5) is 0 Å². The minimum atomic E-state index is -0.592. The molecule has 0 spiro atoms. The molecule has 0 unspecified atom stereocenters. The number of hydroxylamine groups is 3. The number of hydrogen-bond acceptors (Lipinski definition) is 6. The lowest BCUT2D eigenvalue weighted by Gasteiger charge is -2.12. The molecule has 88 valence electrons. The third-order valence-electron chi connectivity index (χ3n) is 1.60. The summed E-state index contributed by atoms with van der Waals surface area (Å²) in [5.74, 6) is -0.992. The molecule has 0 heterocycles. The van der Waals surface area contributed by atoms with Gasteiger partial charge in [0.15, 0.2) is 0 Å². The summed E-state index contributed by atoms with van der Waals surface area (Å²) in [4.78, 5) is 21.4. The van der Waals surface area contributed by atoms with Crippen LogP contribution >= 0.6 is 0 Å². The van der Waals surface area contributed by atoms with Gasteiger partial charge in [-0.05, 0) is 6.92 Å². The van der Waals surface area contributed by atoms with Crippen molar-refractivity contribution in [3.05, 3.63) is 0 Å². The molecular formula is C8H16N2O5. The van der Waals surface area contributed by atoms with E-state index >= 15 is 0 Å². The summed E-state index contributed by atoms with van der Waals surface area (Å²) in [6, 6.07) is 0. The average molecular weight is 220 g/mol. The van der Waals surface area contributed by atoms with Crippen LogP contribution in [-0.4, -0.2) is 47.1 Å². The first-order valence-corrected chi connectivity index (χ1v) is 4.62. The summed E-state index contributed by atoms with van der Waals surface area (Å²) in [7, 11) is 0. The molecule has 0 atom stereocenters. The van der Waals surface area contributed by atoms with Crippen molar-refractivity contribution >= 4 is 11.9 Å². The molecule has 0 aromatic heterocycles. The van der Waals surface area contributed by atoms with E-state index in [-0.39, 0.29) is 25.9 Å². The van der Waals surface area contributed by atoms with Crippen molar-refractivity contribution in [3.8, 4) is 0 Å². The minimum absolute atomic E-state index is 0.0458. The molecule has 15 heavy (non-hydrogen) atoms. The highest BCUT2D eigenvalue weighted by Crippen LogP contribution is 1.92. The highest BCUT2D eigenvalue weighted by atomic mass is 16.5. The van der Waals surface area contributed by atoms with Crippen LogP contribution in [-0.2, 0) is 14.3 Å². The van der Waals surface area contributed by atoms with Crippen molar-refractivity contribution in [1.29, 1.82) is 0 Å². The Morgan fingerprint density at radius 3 is 2.47 bits per heavy atom. The molecule has 0 aliphatic carbocycles. The predicted octanol–water partition coefficient (Wildman–Crippen LogP) is -0.474. The second kappa shape index (κ2) is 8.16. The number of esters is 1. The Hall–Kier alpha value is -1.18. The minimum Gasteiger partial charge on any atom is -0.466 e. The summed E-state index contributed by atoms with van der Waals surface area (Å²) in [5, 5.41) is 18.2. The van der Waals surface area contributed by atoms with E-state index in [9.17, 15) is 14.8 Å². The molecular weight excluding hydrogens is 204 g/mol. The molecule has 0 aromatic rings. The van der Waals surface area contributed by atoms with E-state index in [1.807, 2.05) is 0 Å². The SMILES string of the molecule is CCOC(=O)CCN(O)CCC(=O)NO. The molecule has 0 radical (unpaired) electrons. The monoisotopic (exact) mass is 220 g/mol. The van der Waals surface area contributed by atoms with E-state index in [0.29, 0.717) is 6.61 Å². The summed E-state index contributed by atoms with van der Waals surface area (Å²) in [6.07, 6.45) is 0.0148. The molecule has 0 bridgehead atoms. The molecule has 0 aliphatic rings. The first kappa shape index (κ1) is 13.8. The highest BCUT2D eigenvalue weighted by Gasteiger charge is 2.08. The van der Waals surface area contributed by atoms with E-state index in [4.69, 9.17) is 5.21 Å². The molecule has 0 aliphatic heterocycles. The lowest BCUT2D eigenvalue weighted by molar-refractivity contribution is -0.148. The molecule has 7 heteroatoms. The summed E-state index contributed by atoms with van der Waals surface area (Å²) < 4.78 is 4.64. The zero-order chi connectivity index (χ0) is 11.7. The molecule has 0 saturated heterocycles. The largest absolute Gasteiger partial charge is 0.466 e. The van der Waals surface area contributed by atoms with Gasteiger partial charge in [0.2, 0.25) is 5.91 Å². The Balaban J connectivity index is 3.52. The van der Waals surface area contributed by atoms with Crippen LogP contribution in [0.25, 0.3) is 0 Å². The number of hydrogen-bond donors (Lipinski definition) is 3. The van der Waals surface area contributed by atoms with Crippen molar-refractivity contribution in [2.45, 2.75) is 19.8 Å². The van der Waals surface area contributed by atoms with Gasteiger partial charge < -0.3 is 9.94 Å². The lowest BCUT2D eigenvalue weighted by atomic mass is 10.3. The third kappa shape index (κ3) is 7.86. The average Bonchev–Trinajstić information content (AvgIpc) is 2.23. The molecule has 0 rings (SSSR count). The van der Waals surface area contributed by atoms with Crippen molar-refractivity contribution in [3.63, 3.8) is 0 Å². The topological polar surface area (TPSA) is 99.1 Å². The lowest BCUT2D eigenvalue weighted by Crippen LogP contribution is -2.29. The Morgan fingerprint density at radius 1 is 1.33 bits per heavy atom. The van der Waals surface area contributed by atoms with Crippen LogP contribution in [0.3, 0.4) is 0 Å². The number of nitrogens with one attached hydrogen (secondary N) is 1. The fourth-order valence-electron chi connectivity index (χ4n) is 0.852. The Labute approximate surface area is 87.5 Å². The summed E-state index contributed by atoms with van der Waals surface area (Å²) >= 11 is 0. The van der Waals surface area contributed by atoms with Crippen LogP contribution in [0.15, 0.2) is 0 Å². The van der Waals surface area contributed by atoms with Crippen LogP contribution in [0.1, 0.15) is 19.8 Å². The first-order valence-electron chi connectivity index (χ1n) is 4.62. The Bertz CT molecular complexity index is 209. The van der Waals surface area contributed by atoms with Crippen molar-refractivity contribution < 1.29 is 24.7 Å². The van der Waals surface area contributed by atoms with Gasteiger partial charge in [-0.2, -0.15) is 5.06 Å². The molecule has 0 aromatic carbocycles. The van der Waals surface area contributed by atoms with Gasteiger partial charge >= 0.3 is 5.97 Å². The van der Waals surface area contributed by atoms with E-state index < -0.39 is 11.9 Å². The number of rotatable bonds is 7. The Kier molecular flexibility index (Phi) is 7.51. The van der Waals surface area contributed by atoms with Crippen molar-refractivity contribution in [1.82, 2.24) is 10.5 Å². The maximum absolute atomic E-state index is 10.9. The number of carbonyl (C=O) groups excluding carboxylic acids is 2. The zero-order valence-electron chi connectivity index (χ0n) is 8.60. The standard InChI is InChI=1S/C8H16N2O5/c1-2-15-8(12)4-6-10(14)5-3-7(11)9-13/h13-14H,2-6H2,1H3,(H,9,11). The Morgan fingerprint density at radius 2 is 1.93 bits per heavy atom. The van der Waals surface area contributed by atoms with Gasteiger partial charge in [0.1, 0.15) is 0 Å². The third-order valence-corrected chi connectivity index (χ3v) is 1.60. The smallest absolute Gasteiger partial charge is 0.307 e. The van der Waals surface area contributed by atoms with Gasteiger partial charge in [-0.1, -0.05) is 0 Å². The number of carbonyl (C=O) groups is 2. The van der Waals surface area contributed by atoms with Gasteiger partial charge in [0.25, 0.3) is 0 Å². The maximum atomic E-state index is 10.9. The molecule has 1 amide bonds. The second-order valence-corrected chi connectivity index (χ2v) is 2.79. The van der Waals surface area contributed by atoms with E-state index in [1.54, 1.807) is 6.92 Å². The number of nitrogens with zero attached hydrogens (tertiary/aromatic N) is 1. The predicted molar refractivity (Wildman–Crippen MR) is 49.2 cm³/mol. The van der Waals surface area contributed by atoms with E-state index in [0.717, 1.165) is 5.06 Å². The molecule has 7 nitrogen and oxygen atoms in total.